The molecular weight excluding hydrogens is 296 g/mol. The summed E-state index contributed by atoms with van der Waals surface area (Å²) in [4.78, 5) is 11.8. The lowest BCUT2D eigenvalue weighted by Crippen LogP contribution is -2.27. The van der Waals surface area contributed by atoms with Gasteiger partial charge in [-0.1, -0.05) is 51.4 Å². The van der Waals surface area contributed by atoms with E-state index in [9.17, 15) is 9.90 Å². The molecule has 1 aliphatic rings. The van der Waals surface area contributed by atoms with Crippen LogP contribution >= 0.6 is 11.6 Å². The zero-order valence-corrected chi connectivity index (χ0v) is 14.7. The molecule has 0 amide bonds. The molecule has 0 bridgehead atoms. The summed E-state index contributed by atoms with van der Waals surface area (Å²) in [6.07, 6.45) is 2.77. The van der Waals surface area contributed by atoms with E-state index in [2.05, 4.69) is 27.7 Å². The van der Waals surface area contributed by atoms with Crippen LogP contribution in [0.4, 0.5) is 0 Å². The molecule has 0 heterocycles. The summed E-state index contributed by atoms with van der Waals surface area (Å²) < 4.78 is 0. The second-order valence-corrected chi connectivity index (χ2v) is 8.30. The molecule has 4 unspecified atom stereocenters. The van der Waals surface area contributed by atoms with Gasteiger partial charge in [-0.05, 0) is 60.1 Å². The molecule has 1 fully saturated rings. The van der Waals surface area contributed by atoms with Crippen LogP contribution in [0.3, 0.4) is 0 Å². The number of halogens is 1. The molecule has 0 aromatic heterocycles. The van der Waals surface area contributed by atoms with Crippen LogP contribution in [0, 0.1) is 23.2 Å². The van der Waals surface area contributed by atoms with Crippen molar-refractivity contribution < 1.29 is 9.90 Å². The first-order valence-electron chi connectivity index (χ1n) is 8.18. The van der Waals surface area contributed by atoms with Gasteiger partial charge in [-0.25, -0.2) is 0 Å². The fourth-order valence-electron chi connectivity index (χ4n) is 4.24. The second kappa shape index (κ2) is 6.62. The third-order valence-electron chi connectivity index (χ3n) is 5.31. The summed E-state index contributed by atoms with van der Waals surface area (Å²) in [5.74, 6) is 0.111. The Balaban J connectivity index is 2.32. The number of hydrogen-bond donors (Lipinski definition) is 1. The molecule has 1 saturated carbocycles. The number of benzene rings is 1. The number of carboxylic acid groups (broad SMARTS) is 1. The van der Waals surface area contributed by atoms with Crippen molar-refractivity contribution >= 4 is 17.6 Å². The minimum Gasteiger partial charge on any atom is -0.481 e. The molecule has 4 atom stereocenters. The van der Waals surface area contributed by atoms with Gasteiger partial charge in [0, 0.05) is 5.02 Å². The summed E-state index contributed by atoms with van der Waals surface area (Å²) in [6, 6.07) is 7.72. The van der Waals surface area contributed by atoms with Crippen molar-refractivity contribution in [2.75, 3.05) is 0 Å². The van der Waals surface area contributed by atoms with Crippen molar-refractivity contribution in [3.05, 3.63) is 34.9 Å². The third kappa shape index (κ3) is 3.84. The highest BCUT2D eigenvalue weighted by Gasteiger charge is 2.40. The van der Waals surface area contributed by atoms with E-state index in [0.717, 1.165) is 24.8 Å². The number of carboxylic acids is 1. The van der Waals surface area contributed by atoms with Crippen LogP contribution < -0.4 is 0 Å². The Labute approximate surface area is 138 Å². The smallest absolute Gasteiger partial charge is 0.307 e. The molecule has 22 heavy (non-hydrogen) atoms. The maximum absolute atomic E-state index is 11.8. The van der Waals surface area contributed by atoms with E-state index in [1.54, 1.807) is 0 Å². The Morgan fingerprint density at radius 3 is 2.27 bits per heavy atom. The van der Waals surface area contributed by atoms with Gasteiger partial charge < -0.3 is 5.11 Å². The predicted molar refractivity (Wildman–Crippen MR) is 91.3 cm³/mol. The quantitative estimate of drug-likeness (QED) is 0.719. The summed E-state index contributed by atoms with van der Waals surface area (Å²) in [6.45, 7) is 9.03. The molecule has 0 saturated heterocycles. The van der Waals surface area contributed by atoms with E-state index in [1.165, 1.54) is 0 Å². The van der Waals surface area contributed by atoms with E-state index in [0.29, 0.717) is 16.9 Å². The molecule has 0 spiro atoms. The van der Waals surface area contributed by atoms with Crippen molar-refractivity contribution in [2.24, 2.45) is 23.2 Å². The molecular formula is C19H27ClO2. The Bertz CT molecular complexity index is 515. The minimum atomic E-state index is -0.665. The first-order valence-corrected chi connectivity index (χ1v) is 8.56. The summed E-state index contributed by atoms with van der Waals surface area (Å²) in [5.41, 5.74) is 1.33. The summed E-state index contributed by atoms with van der Waals surface area (Å²) in [5, 5.41) is 10.4. The molecule has 1 aliphatic carbocycles. The van der Waals surface area contributed by atoms with E-state index < -0.39 is 5.97 Å². The molecule has 122 valence electrons. The lowest BCUT2D eigenvalue weighted by Gasteiger charge is -2.34. The first-order chi connectivity index (χ1) is 10.2. The average molecular weight is 323 g/mol. The highest BCUT2D eigenvalue weighted by molar-refractivity contribution is 6.30. The van der Waals surface area contributed by atoms with Gasteiger partial charge in [0.25, 0.3) is 0 Å². The average Bonchev–Trinajstić information content (AvgIpc) is 2.58. The molecule has 0 radical (unpaired) electrons. The van der Waals surface area contributed by atoms with Gasteiger partial charge in [0.2, 0.25) is 0 Å². The maximum atomic E-state index is 11.8. The first kappa shape index (κ1) is 17.3. The Morgan fingerprint density at radius 1 is 1.18 bits per heavy atom. The van der Waals surface area contributed by atoms with Crippen LogP contribution in [0.1, 0.15) is 58.4 Å². The molecule has 0 aliphatic heterocycles. The molecule has 1 N–H and O–H groups in total. The topological polar surface area (TPSA) is 37.3 Å². The van der Waals surface area contributed by atoms with E-state index >= 15 is 0 Å². The minimum absolute atomic E-state index is 0.0876. The van der Waals surface area contributed by atoms with Crippen molar-refractivity contribution in [1.29, 1.82) is 0 Å². The maximum Gasteiger partial charge on any atom is 0.307 e. The summed E-state index contributed by atoms with van der Waals surface area (Å²) >= 11 is 5.97. The highest BCUT2D eigenvalue weighted by atomic mass is 35.5. The van der Waals surface area contributed by atoms with Gasteiger partial charge in [-0.3, -0.25) is 4.79 Å². The van der Waals surface area contributed by atoms with Gasteiger partial charge in [0.05, 0.1) is 5.92 Å². The molecule has 2 nitrogen and oxygen atoms in total. The Hall–Kier alpha value is -1.02. The predicted octanol–water partition coefficient (Wildman–Crippen LogP) is 5.61. The number of aliphatic carboxylic acids is 1. The van der Waals surface area contributed by atoms with E-state index in [4.69, 9.17) is 11.6 Å². The van der Waals surface area contributed by atoms with Gasteiger partial charge in [0.15, 0.2) is 0 Å². The molecule has 2 rings (SSSR count). The SMILES string of the molecule is CC1CC(C(=O)O)C(c2ccc(Cl)cc2)CCC1C(C)(C)C. The van der Waals surface area contributed by atoms with Crippen LogP contribution in [0.15, 0.2) is 24.3 Å². The monoisotopic (exact) mass is 322 g/mol. The fourth-order valence-corrected chi connectivity index (χ4v) is 4.37. The van der Waals surface area contributed by atoms with E-state index in [-0.39, 0.29) is 17.3 Å². The summed E-state index contributed by atoms with van der Waals surface area (Å²) in [7, 11) is 0. The van der Waals surface area contributed by atoms with Crippen molar-refractivity contribution in [3.8, 4) is 0 Å². The third-order valence-corrected chi connectivity index (χ3v) is 5.57. The second-order valence-electron chi connectivity index (χ2n) is 7.87. The van der Waals surface area contributed by atoms with Gasteiger partial charge >= 0.3 is 5.97 Å². The van der Waals surface area contributed by atoms with Crippen LogP contribution in [0.25, 0.3) is 0 Å². The van der Waals surface area contributed by atoms with Crippen LogP contribution in [0.5, 0.6) is 0 Å². The fraction of sp³-hybridized carbons (Fsp3) is 0.632. The van der Waals surface area contributed by atoms with Crippen molar-refractivity contribution in [1.82, 2.24) is 0 Å². The lowest BCUT2D eigenvalue weighted by molar-refractivity contribution is -0.143. The zero-order valence-electron chi connectivity index (χ0n) is 14.0. The largest absolute Gasteiger partial charge is 0.481 e. The van der Waals surface area contributed by atoms with Gasteiger partial charge in [-0.2, -0.15) is 0 Å². The van der Waals surface area contributed by atoms with Crippen LogP contribution in [-0.4, -0.2) is 11.1 Å². The van der Waals surface area contributed by atoms with Crippen LogP contribution in [-0.2, 0) is 4.79 Å². The Morgan fingerprint density at radius 2 is 1.77 bits per heavy atom. The van der Waals surface area contributed by atoms with Gasteiger partial charge in [-0.15, -0.1) is 0 Å². The molecule has 3 heteroatoms. The molecule has 1 aromatic carbocycles. The zero-order chi connectivity index (χ0) is 16.5. The number of hydrogen-bond acceptors (Lipinski definition) is 1. The standard InChI is InChI=1S/C19H27ClO2/c1-12-11-16(18(21)22)15(9-10-17(12)19(2,3)4)13-5-7-14(20)8-6-13/h5-8,12,15-17H,9-11H2,1-4H3,(H,21,22). The number of carbonyl (C=O) groups is 1. The van der Waals surface area contributed by atoms with Gasteiger partial charge in [0.1, 0.15) is 0 Å². The molecule has 1 aromatic rings. The van der Waals surface area contributed by atoms with Crippen LogP contribution in [0.2, 0.25) is 5.02 Å². The lowest BCUT2D eigenvalue weighted by atomic mass is 9.71. The van der Waals surface area contributed by atoms with Crippen molar-refractivity contribution in [2.45, 2.75) is 52.9 Å². The van der Waals surface area contributed by atoms with Crippen molar-refractivity contribution in [3.63, 3.8) is 0 Å². The number of rotatable bonds is 2. The highest BCUT2D eigenvalue weighted by Crippen LogP contribution is 2.46. The normalized spacial score (nSPS) is 29.9. The Kier molecular flexibility index (Phi) is 5.21. The van der Waals surface area contributed by atoms with E-state index in [1.807, 2.05) is 24.3 Å².